The Morgan fingerprint density at radius 3 is 2.75 bits per heavy atom. The lowest BCUT2D eigenvalue weighted by atomic mass is 9.93. The summed E-state index contributed by atoms with van der Waals surface area (Å²) in [7, 11) is 0. The summed E-state index contributed by atoms with van der Waals surface area (Å²) in [5, 5.41) is 1.20. The molecule has 3 aromatic rings. The van der Waals surface area contributed by atoms with E-state index in [0.29, 0.717) is 12.5 Å². The van der Waals surface area contributed by atoms with E-state index in [1.165, 1.54) is 22.1 Å². The molecule has 0 fully saturated rings. The van der Waals surface area contributed by atoms with Gasteiger partial charge in [-0.15, -0.1) is 0 Å². The number of hydrogen-bond donors (Lipinski definition) is 1. The fraction of sp³-hybridized carbons (Fsp3) is 0.182. The number of aromatic amines is 1. The second-order valence-electron chi connectivity index (χ2n) is 6.26. The molecule has 1 unspecified atom stereocenters. The number of hydrogen-bond acceptors (Lipinski definition) is 1. The first-order valence-corrected chi connectivity index (χ1v) is 8.46. The Labute approximate surface area is 142 Å². The summed E-state index contributed by atoms with van der Waals surface area (Å²) in [6, 6.07) is 16.5. The van der Waals surface area contributed by atoms with E-state index >= 15 is 0 Å². The topological polar surface area (TPSA) is 25.0 Å². The van der Waals surface area contributed by atoms with E-state index in [1.807, 2.05) is 24.3 Å². The number of rotatable bonds is 5. The van der Waals surface area contributed by atoms with E-state index in [9.17, 15) is 0 Å². The summed E-state index contributed by atoms with van der Waals surface area (Å²) in [6.07, 6.45) is 9.92. The Hall–Kier alpha value is -2.74. The van der Waals surface area contributed by atoms with Crippen molar-refractivity contribution < 1.29 is 4.74 Å². The number of H-pyrrole nitrogens is 1. The van der Waals surface area contributed by atoms with Gasteiger partial charge in [0.2, 0.25) is 0 Å². The van der Waals surface area contributed by atoms with Crippen molar-refractivity contribution in [1.29, 1.82) is 0 Å². The van der Waals surface area contributed by atoms with Crippen LogP contribution in [0.1, 0.15) is 30.4 Å². The predicted octanol–water partition coefficient (Wildman–Crippen LogP) is 5.74. The highest BCUT2D eigenvalue weighted by Crippen LogP contribution is 2.37. The summed E-state index contributed by atoms with van der Waals surface area (Å²) < 4.78 is 6.16. The van der Waals surface area contributed by atoms with Gasteiger partial charge in [-0.05, 0) is 35.3 Å². The molecule has 0 saturated heterocycles. The van der Waals surface area contributed by atoms with Crippen molar-refractivity contribution in [3.63, 3.8) is 0 Å². The first-order chi connectivity index (χ1) is 11.8. The second-order valence-corrected chi connectivity index (χ2v) is 6.26. The predicted molar refractivity (Wildman–Crippen MR) is 99.3 cm³/mol. The van der Waals surface area contributed by atoms with Gasteiger partial charge in [0.05, 0.1) is 0 Å². The molecule has 120 valence electrons. The molecule has 24 heavy (non-hydrogen) atoms. The van der Waals surface area contributed by atoms with Crippen molar-refractivity contribution in [3.05, 3.63) is 89.7 Å². The summed E-state index contributed by atoms with van der Waals surface area (Å²) in [5.41, 5.74) is 4.99. The molecule has 0 aliphatic heterocycles. The first-order valence-electron chi connectivity index (χ1n) is 8.46. The van der Waals surface area contributed by atoms with E-state index in [-0.39, 0.29) is 0 Å². The standard InChI is InChI=1S/C22H21NO/c1-16(18-10-5-6-11-18)19-14-23-20-12-7-13-21(22(19)20)24-15-17-8-3-2-4-9-17/h2-5,7-14,16,23H,6,15H2,1H3. The van der Waals surface area contributed by atoms with Gasteiger partial charge in [0, 0.05) is 23.0 Å². The summed E-state index contributed by atoms with van der Waals surface area (Å²) >= 11 is 0. The lowest BCUT2D eigenvalue weighted by molar-refractivity contribution is 0.310. The molecule has 0 saturated carbocycles. The van der Waals surface area contributed by atoms with E-state index in [2.05, 4.69) is 60.6 Å². The Morgan fingerprint density at radius 1 is 1.08 bits per heavy atom. The van der Waals surface area contributed by atoms with Gasteiger partial charge in [0.1, 0.15) is 12.4 Å². The van der Waals surface area contributed by atoms with Crippen molar-refractivity contribution in [2.24, 2.45) is 0 Å². The number of benzene rings is 2. The third kappa shape index (κ3) is 2.76. The van der Waals surface area contributed by atoms with E-state index in [4.69, 9.17) is 4.74 Å². The van der Waals surface area contributed by atoms with Gasteiger partial charge in [-0.1, -0.05) is 61.5 Å². The second kappa shape index (κ2) is 6.40. The Kier molecular flexibility index (Phi) is 3.96. The molecule has 0 amide bonds. The lowest BCUT2D eigenvalue weighted by Crippen LogP contribution is -1.98. The zero-order chi connectivity index (χ0) is 16.4. The van der Waals surface area contributed by atoms with Crippen LogP contribution in [0.3, 0.4) is 0 Å². The van der Waals surface area contributed by atoms with Crippen LogP contribution in [0, 0.1) is 0 Å². The maximum Gasteiger partial charge on any atom is 0.129 e. The van der Waals surface area contributed by atoms with Gasteiger partial charge in [-0.3, -0.25) is 0 Å². The maximum atomic E-state index is 6.16. The number of allylic oxidation sites excluding steroid dienone is 4. The monoisotopic (exact) mass is 315 g/mol. The highest BCUT2D eigenvalue weighted by Gasteiger charge is 2.18. The van der Waals surface area contributed by atoms with Gasteiger partial charge >= 0.3 is 0 Å². The molecule has 1 aliphatic rings. The highest BCUT2D eigenvalue weighted by atomic mass is 16.5. The number of nitrogens with one attached hydrogen (secondary N) is 1. The molecule has 1 heterocycles. The molecule has 1 N–H and O–H groups in total. The lowest BCUT2D eigenvalue weighted by Gasteiger charge is -2.14. The fourth-order valence-electron chi connectivity index (χ4n) is 3.35. The van der Waals surface area contributed by atoms with Gasteiger partial charge in [0.15, 0.2) is 0 Å². The SMILES string of the molecule is CC(C1=CCC=C1)c1c[nH]c2cccc(OCc3ccccc3)c12. The first kappa shape index (κ1) is 14.8. The third-order valence-electron chi connectivity index (χ3n) is 4.70. The molecule has 1 atom stereocenters. The van der Waals surface area contributed by atoms with E-state index < -0.39 is 0 Å². The van der Waals surface area contributed by atoms with Crippen LogP contribution in [-0.2, 0) is 6.61 Å². The van der Waals surface area contributed by atoms with Crippen molar-refractivity contribution in [2.45, 2.75) is 25.9 Å². The molecule has 1 aliphatic carbocycles. The minimum absolute atomic E-state index is 0.360. The van der Waals surface area contributed by atoms with Crippen molar-refractivity contribution >= 4 is 10.9 Å². The number of fused-ring (bicyclic) bond motifs is 1. The molecule has 0 radical (unpaired) electrons. The van der Waals surface area contributed by atoms with Crippen molar-refractivity contribution in [2.75, 3.05) is 0 Å². The van der Waals surface area contributed by atoms with Crippen LogP contribution in [0.5, 0.6) is 5.75 Å². The third-order valence-corrected chi connectivity index (χ3v) is 4.70. The molecular weight excluding hydrogens is 294 g/mol. The number of ether oxygens (including phenoxy) is 1. The Morgan fingerprint density at radius 2 is 1.96 bits per heavy atom. The fourth-order valence-corrected chi connectivity index (χ4v) is 3.35. The van der Waals surface area contributed by atoms with Gasteiger partial charge in [0.25, 0.3) is 0 Å². The maximum absolute atomic E-state index is 6.16. The van der Waals surface area contributed by atoms with Crippen molar-refractivity contribution in [1.82, 2.24) is 4.98 Å². The van der Waals surface area contributed by atoms with Gasteiger partial charge in [-0.25, -0.2) is 0 Å². The molecule has 2 aromatic carbocycles. The zero-order valence-electron chi connectivity index (χ0n) is 13.8. The van der Waals surface area contributed by atoms with Crippen LogP contribution >= 0.6 is 0 Å². The average Bonchev–Trinajstić information content (AvgIpc) is 3.30. The van der Waals surface area contributed by atoms with Crippen LogP contribution < -0.4 is 4.74 Å². The minimum Gasteiger partial charge on any atom is -0.488 e. The summed E-state index contributed by atoms with van der Waals surface area (Å²) in [4.78, 5) is 3.40. The molecule has 2 nitrogen and oxygen atoms in total. The van der Waals surface area contributed by atoms with Crippen LogP contribution in [0.4, 0.5) is 0 Å². The quantitative estimate of drug-likeness (QED) is 0.638. The molecule has 2 heteroatoms. The molecule has 1 aromatic heterocycles. The summed E-state index contributed by atoms with van der Waals surface area (Å²) in [6.45, 7) is 2.85. The normalized spacial score (nSPS) is 14.8. The Bertz CT molecular complexity index is 902. The Balaban J connectivity index is 1.68. The van der Waals surface area contributed by atoms with Crippen LogP contribution in [0.2, 0.25) is 0 Å². The van der Waals surface area contributed by atoms with Crippen LogP contribution in [0.15, 0.2) is 78.5 Å². The minimum atomic E-state index is 0.360. The largest absolute Gasteiger partial charge is 0.488 e. The van der Waals surface area contributed by atoms with Crippen LogP contribution in [-0.4, -0.2) is 4.98 Å². The summed E-state index contributed by atoms with van der Waals surface area (Å²) in [5.74, 6) is 1.31. The highest BCUT2D eigenvalue weighted by molar-refractivity contribution is 5.90. The van der Waals surface area contributed by atoms with Gasteiger partial charge in [-0.2, -0.15) is 0 Å². The van der Waals surface area contributed by atoms with Crippen LogP contribution in [0.25, 0.3) is 10.9 Å². The zero-order valence-corrected chi connectivity index (χ0v) is 13.8. The molecule has 0 bridgehead atoms. The van der Waals surface area contributed by atoms with E-state index in [1.54, 1.807) is 0 Å². The van der Waals surface area contributed by atoms with Crippen molar-refractivity contribution in [3.8, 4) is 5.75 Å². The van der Waals surface area contributed by atoms with Gasteiger partial charge < -0.3 is 9.72 Å². The smallest absolute Gasteiger partial charge is 0.129 e. The molecular formula is C22H21NO. The number of aromatic nitrogens is 1. The van der Waals surface area contributed by atoms with E-state index in [0.717, 1.165) is 17.7 Å². The average molecular weight is 315 g/mol. The molecule has 4 rings (SSSR count). The molecule has 0 spiro atoms.